The molecule has 3 saturated carbocycles. The van der Waals surface area contributed by atoms with Gasteiger partial charge in [-0.05, 0) is 84.9 Å². The normalized spacial score (nSPS) is 28.0. The molecule has 3 aliphatic carbocycles. The van der Waals surface area contributed by atoms with Crippen molar-refractivity contribution in [2.75, 3.05) is 31.6 Å². The summed E-state index contributed by atoms with van der Waals surface area (Å²) in [6.45, 7) is 12.5. The van der Waals surface area contributed by atoms with Crippen molar-refractivity contribution in [3.63, 3.8) is 0 Å². The summed E-state index contributed by atoms with van der Waals surface area (Å²) in [5.41, 5.74) is 2.77. The first-order chi connectivity index (χ1) is 18.6. The summed E-state index contributed by atoms with van der Waals surface area (Å²) in [5, 5.41) is 8.29. The number of ether oxygens (including phenoxy) is 1. The molecule has 0 unspecified atom stereocenters. The van der Waals surface area contributed by atoms with Gasteiger partial charge in [0.1, 0.15) is 0 Å². The fourth-order valence-electron chi connectivity index (χ4n) is 6.65. The number of halogens is 2. The molecule has 0 amide bonds. The molecule has 6 rings (SSSR count). The molecular weight excluding hydrogens is 531 g/mol. The number of fused-ring (bicyclic) bond motifs is 2. The van der Waals surface area contributed by atoms with E-state index in [1.165, 1.54) is 6.42 Å². The van der Waals surface area contributed by atoms with Crippen LogP contribution in [-0.4, -0.2) is 55.2 Å². The molecule has 4 fully saturated rings. The van der Waals surface area contributed by atoms with Crippen LogP contribution in [0.25, 0.3) is 0 Å². The van der Waals surface area contributed by atoms with E-state index in [1.807, 2.05) is 18.2 Å². The number of aliphatic imine (C=N–C) groups is 1. The third-order valence-corrected chi connectivity index (χ3v) is 9.85. The van der Waals surface area contributed by atoms with Gasteiger partial charge in [-0.15, -0.1) is 0 Å². The van der Waals surface area contributed by atoms with E-state index < -0.39 is 0 Å². The first-order valence-electron chi connectivity index (χ1n) is 14.2. The molecule has 1 aliphatic heterocycles. The van der Waals surface area contributed by atoms with Gasteiger partial charge in [-0.2, -0.15) is 0 Å². The lowest BCUT2D eigenvalue weighted by molar-refractivity contribution is -0.108. The zero-order valence-corrected chi connectivity index (χ0v) is 24.9. The number of carbonyl (C=O) groups excluding carboxylic acids is 1. The third kappa shape index (κ3) is 6.23. The SMILES string of the molecule is C[C@@H]1[C@@H](N=C(Nc2ccc(C(=O)OCCc3ccc(Cl)cc3Cl)cc2)N2CCN[C@@H](C)C2)C[C@H]2C[C@@H]1C2(C)C. The van der Waals surface area contributed by atoms with Crippen LogP contribution in [-0.2, 0) is 11.2 Å². The summed E-state index contributed by atoms with van der Waals surface area (Å²) in [6, 6.07) is 13.5. The third-order valence-electron chi connectivity index (χ3n) is 9.27. The van der Waals surface area contributed by atoms with E-state index in [0.717, 1.165) is 55.1 Å². The Hall–Kier alpha value is -2.28. The summed E-state index contributed by atoms with van der Waals surface area (Å²) in [4.78, 5) is 20.4. The predicted molar refractivity (Wildman–Crippen MR) is 160 cm³/mol. The van der Waals surface area contributed by atoms with Gasteiger partial charge >= 0.3 is 5.97 Å². The highest BCUT2D eigenvalue weighted by molar-refractivity contribution is 6.35. The molecule has 1 heterocycles. The molecule has 0 spiro atoms. The molecule has 6 nitrogen and oxygen atoms in total. The number of anilines is 1. The summed E-state index contributed by atoms with van der Waals surface area (Å²) in [6.07, 6.45) is 3.03. The fraction of sp³-hybridized carbons (Fsp3) is 0.548. The van der Waals surface area contributed by atoms with Crippen molar-refractivity contribution in [2.45, 2.75) is 59.0 Å². The Morgan fingerprint density at radius 1 is 1.15 bits per heavy atom. The Labute approximate surface area is 242 Å². The van der Waals surface area contributed by atoms with E-state index >= 15 is 0 Å². The molecular formula is C31H40Cl2N4O2. The lowest BCUT2D eigenvalue weighted by Gasteiger charge is -2.61. The number of carbonyl (C=O) groups is 1. The van der Waals surface area contributed by atoms with Gasteiger partial charge in [-0.25, -0.2) is 9.79 Å². The fourth-order valence-corrected chi connectivity index (χ4v) is 7.15. The highest BCUT2D eigenvalue weighted by Crippen LogP contribution is 2.61. The average molecular weight is 572 g/mol. The minimum absolute atomic E-state index is 0.247. The smallest absolute Gasteiger partial charge is 0.338 e. The first kappa shape index (κ1) is 28.3. The Bertz CT molecular complexity index is 1220. The molecule has 0 aromatic heterocycles. The second-order valence-corrected chi connectivity index (χ2v) is 12.9. The van der Waals surface area contributed by atoms with Crippen molar-refractivity contribution in [3.05, 3.63) is 63.6 Å². The molecule has 5 atom stereocenters. The number of nitrogens with one attached hydrogen (secondary N) is 2. The summed E-state index contributed by atoms with van der Waals surface area (Å²) >= 11 is 12.2. The molecule has 4 aliphatic rings. The quantitative estimate of drug-likeness (QED) is 0.235. The number of benzene rings is 2. The second kappa shape index (κ2) is 11.7. The van der Waals surface area contributed by atoms with E-state index in [9.17, 15) is 4.79 Å². The van der Waals surface area contributed by atoms with Gasteiger partial charge in [-0.3, -0.25) is 0 Å². The average Bonchev–Trinajstić information content (AvgIpc) is 2.90. The number of guanidine groups is 1. The van der Waals surface area contributed by atoms with Gasteiger partial charge in [0.15, 0.2) is 5.96 Å². The van der Waals surface area contributed by atoms with Crippen LogP contribution in [0.3, 0.4) is 0 Å². The number of piperazine rings is 1. The first-order valence-corrected chi connectivity index (χ1v) is 14.9. The largest absolute Gasteiger partial charge is 0.462 e. The molecule has 210 valence electrons. The highest BCUT2D eigenvalue weighted by atomic mass is 35.5. The Kier molecular flexibility index (Phi) is 8.46. The van der Waals surface area contributed by atoms with Crippen molar-refractivity contribution in [2.24, 2.45) is 28.2 Å². The maximum absolute atomic E-state index is 12.6. The van der Waals surface area contributed by atoms with Crippen molar-refractivity contribution < 1.29 is 9.53 Å². The van der Waals surface area contributed by atoms with Crippen LogP contribution in [0.1, 0.15) is 56.5 Å². The monoisotopic (exact) mass is 570 g/mol. The van der Waals surface area contributed by atoms with Crippen LogP contribution in [0.5, 0.6) is 0 Å². The second-order valence-electron chi connectivity index (χ2n) is 12.1. The maximum atomic E-state index is 12.6. The molecule has 1 saturated heterocycles. The Morgan fingerprint density at radius 2 is 1.92 bits per heavy atom. The standard InChI is InChI=1S/C31H40Cl2N4O2/c1-19-18-37(13-12-34-19)30(36-28-16-23-15-26(20(28)2)31(23,3)4)35-25-9-6-22(7-10-25)29(38)39-14-11-21-5-8-24(32)17-27(21)33/h5-10,17,19-20,23,26,28,34H,11-16,18H2,1-4H3,(H,35,36)/t19-,20-,23+,26-,28-/m0/s1. The van der Waals surface area contributed by atoms with Gasteiger partial charge in [0.25, 0.3) is 0 Å². The van der Waals surface area contributed by atoms with Crippen LogP contribution in [0.2, 0.25) is 10.0 Å². The van der Waals surface area contributed by atoms with Gasteiger partial charge in [0.05, 0.1) is 18.2 Å². The van der Waals surface area contributed by atoms with Gasteiger partial charge < -0.3 is 20.3 Å². The molecule has 2 bridgehead atoms. The summed E-state index contributed by atoms with van der Waals surface area (Å²) in [5.74, 6) is 2.66. The van der Waals surface area contributed by atoms with Gasteiger partial charge in [0.2, 0.25) is 0 Å². The number of esters is 1. The van der Waals surface area contributed by atoms with Crippen molar-refractivity contribution in [1.82, 2.24) is 10.2 Å². The van der Waals surface area contributed by atoms with Crippen LogP contribution >= 0.6 is 23.2 Å². The van der Waals surface area contributed by atoms with Crippen LogP contribution < -0.4 is 10.6 Å². The van der Waals surface area contributed by atoms with Crippen molar-refractivity contribution in [3.8, 4) is 0 Å². The number of rotatable bonds is 6. The zero-order valence-electron chi connectivity index (χ0n) is 23.3. The van der Waals surface area contributed by atoms with Gasteiger partial charge in [0, 0.05) is 47.8 Å². The maximum Gasteiger partial charge on any atom is 0.338 e. The van der Waals surface area contributed by atoms with Crippen molar-refractivity contribution in [1.29, 1.82) is 0 Å². The number of hydrogen-bond acceptors (Lipinski definition) is 4. The van der Waals surface area contributed by atoms with Crippen LogP contribution in [0.15, 0.2) is 47.5 Å². The van der Waals surface area contributed by atoms with E-state index in [2.05, 4.69) is 43.2 Å². The van der Waals surface area contributed by atoms with Crippen LogP contribution in [0.4, 0.5) is 5.69 Å². The predicted octanol–water partition coefficient (Wildman–Crippen LogP) is 6.53. The van der Waals surface area contributed by atoms with Crippen LogP contribution in [0, 0.1) is 23.2 Å². The lowest BCUT2D eigenvalue weighted by atomic mass is 9.45. The summed E-state index contributed by atoms with van der Waals surface area (Å²) < 4.78 is 5.50. The Balaban J connectivity index is 1.24. The van der Waals surface area contributed by atoms with E-state index in [1.54, 1.807) is 24.3 Å². The molecule has 2 N–H and O–H groups in total. The topological polar surface area (TPSA) is 66.0 Å². The number of hydrogen-bond donors (Lipinski definition) is 2. The van der Waals surface area contributed by atoms with Crippen molar-refractivity contribution >= 4 is 40.8 Å². The molecule has 8 heteroatoms. The minimum Gasteiger partial charge on any atom is -0.462 e. The number of nitrogens with zero attached hydrogens (tertiary/aromatic N) is 2. The molecule has 2 aromatic carbocycles. The highest BCUT2D eigenvalue weighted by Gasteiger charge is 2.56. The molecule has 39 heavy (non-hydrogen) atoms. The molecule has 0 radical (unpaired) electrons. The Morgan fingerprint density at radius 3 is 2.59 bits per heavy atom. The van der Waals surface area contributed by atoms with E-state index in [0.29, 0.717) is 45.4 Å². The van der Waals surface area contributed by atoms with E-state index in [4.69, 9.17) is 32.9 Å². The van der Waals surface area contributed by atoms with Gasteiger partial charge in [-0.1, -0.05) is 50.0 Å². The minimum atomic E-state index is -0.352. The molecule has 2 aromatic rings. The van der Waals surface area contributed by atoms with E-state index in [-0.39, 0.29) is 12.6 Å². The zero-order chi connectivity index (χ0) is 27.7. The summed E-state index contributed by atoms with van der Waals surface area (Å²) in [7, 11) is 0. The lowest BCUT2D eigenvalue weighted by Crippen LogP contribution is -2.57.